The SMILES string of the molecule is CCc1nc(CC(C)C)nc(NN)c1C. The van der Waals surface area contributed by atoms with Gasteiger partial charge in [-0.25, -0.2) is 15.8 Å². The van der Waals surface area contributed by atoms with Gasteiger partial charge in [0.05, 0.1) is 0 Å². The van der Waals surface area contributed by atoms with E-state index >= 15 is 0 Å². The topological polar surface area (TPSA) is 63.8 Å². The number of hydrogen-bond donors (Lipinski definition) is 2. The van der Waals surface area contributed by atoms with Gasteiger partial charge in [-0.3, -0.25) is 0 Å². The van der Waals surface area contributed by atoms with Crippen LogP contribution in [-0.4, -0.2) is 9.97 Å². The van der Waals surface area contributed by atoms with Gasteiger partial charge in [-0.05, 0) is 19.3 Å². The van der Waals surface area contributed by atoms with Gasteiger partial charge in [0.15, 0.2) is 0 Å². The lowest BCUT2D eigenvalue weighted by atomic mass is 10.1. The van der Waals surface area contributed by atoms with Gasteiger partial charge in [-0.15, -0.1) is 0 Å². The van der Waals surface area contributed by atoms with E-state index in [0.29, 0.717) is 5.92 Å². The summed E-state index contributed by atoms with van der Waals surface area (Å²) in [5.41, 5.74) is 4.76. The summed E-state index contributed by atoms with van der Waals surface area (Å²) in [7, 11) is 0. The maximum Gasteiger partial charge on any atom is 0.146 e. The molecule has 0 saturated heterocycles. The summed E-state index contributed by atoms with van der Waals surface area (Å²) in [5, 5.41) is 0. The molecular weight excluding hydrogens is 188 g/mol. The Balaban J connectivity index is 3.09. The minimum absolute atomic E-state index is 0.558. The fraction of sp³-hybridized carbons (Fsp3) is 0.636. The zero-order chi connectivity index (χ0) is 11.4. The largest absolute Gasteiger partial charge is 0.308 e. The molecule has 4 heteroatoms. The second kappa shape index (κ2) is 5.07. The summed E-state index contributed by atoms with van der Waals surface area (Å²) >= 11 is 0. The van der Waals surface area contributed by atoms with Crippen molar-refractivity contribution in [3.63, 3.8) is 0 Å². The van der Waals surface area contributed by atoms with E-state index in [0.717, 1.165) is 35.7 Å². The Morgan fingerprint density at radius 1 is 1.33 bits per heavy atom. The molecule has 0 atom stereocenters. The molecule has 1 aromatic rings. The van der Waals surface area contributed by atoms with Crippen molar-refractivity contribution < 1.29 is 0 Å². The highest BCUT2D eigenvalue weighted by Crippen LogP contribution is 2.16. The van der Waals surface area contributed by atoms with Crippen LogP contribution in [0.2, 0.25) is 0 Å². The van der Waals surface area contributed by atoms with Gasteiger partial charge in [0, 0.05) is 17.7 Å². The van der Waals surface area contributed by atoms with Crippen molar-refractivity contribution in [2.45, 2.75) is 40.5 Å². The summed E-state index contributed by atoms with van der Waals surface area (Å²) in [5.74, 6) is 7.62. The standard InChI is InChI=1S/C11H20N4/c1-5-9-8(4)11(15-12)14-10(13-9)6-7(2)3/h7H,5-6,12H2,1-4H3,(H,13,14,15). The van der Waals surface area contributed by atoms with E-state index in [9.17, 15) is 0 Å². The highest BCUT2D eigenvalue weighted by atomic mass is 15.3. The predicted molar refractivity (Wildman–Crippen MR) is 62.5 cm³/mol. The van der Waals surface area contributed by atoms with Crippen molar-refractivity contribution in [1.82, 2.24) is 9.97 Å². The quantitative estimate of drug-likeness (QED) is 0.585. The molecule has 0 fully saturated rings. The van der Waals surface area contributed by atoms with E-state index in [-0.39, 0.29) is 0 Å². The fourth-order valence-electron chi connectivity index (χ4n) is 1.56. The van der Waals surface area contributed by atoms with Crippen molar-refractivity contribution >= 4 is 5.82 Å². The molecule has 0 radical (unpaired) electrons. The first kappa shape index (κ1) is 11.9. The lowest BCUT2D eigenvalue weighted by Crippen LogP contribution is -2.15. The van der Waals surface area contributed by atoms with Crippen LogP contribution >= 0.6 is 0 Å². The molecule has 0 aromatic carbocycles. The van der Waals surface area contributed by atoms with Gasteiger partial charge >= 0.3 is 0 Å². The monoisotopic (exact) mass is 208 g/mol. The Morgan fingerprint density at radius 3 is 2.47 bits per heavy atom. The second-order valence-electron chi connectivity index (χ2n) is 4.16. The number of nitrogens with one attached hydrogen (secondary N) is 1. The molecule has 0 saturated carbocycles. The molecule has 0 bridgehead atoms. The van der Waals surface area contributed by atoms with Gasteiger partial charge in [0.2, 0.25) is 0 Å². The Morgan fingerprint density at radius 2 is 2.00 bits per heavy atom. The second-order valence-corrected chi connectivity index (χ2v) is 4.16. The van der Waals surface area contributed by atoms with Gasteiger partial charge < -0.3 is 5.43 Å². The highest BCUT2D eigenvalue weighted by Gasteiger charge is 2.09. The average molecular weight is 208 g/mol. The minimum atomic E-state index is 0.558. The zero-order valence-corrected chi connectivity index (χ0v) is 9.96. The molecule has 0 aliphatic carbocycles. The Bertz CT molecular complexity index is 308. The first-order valence-electron chi connectivity index (χ1n) is 5.41. The third kappa shape index (κ3) is 2.89. The van der Waals surface area contributed by atoms with E-state index in [1.165, 1.54) is 0 Å². The van der Waals surface area contributed by atoms with Gasteiger partial charge in [-0.2, -0.15) is 0 Å². The van der Waals surface area contributed by atoms with Crippen LogP contribution in [0.3, 0.4) is 0 Å². The number of hydrazine groups is 1. The number of aryl methyl sites for hydroxylation is 1. The van der Waals surface area contributed by atoms with Gasteiger partial charge in [0.1, 0.15) is 11.6 Å². The van der Waals surface area contributed by atoms with Crippen LogP contribution in [0.4, 0.5) is 5.82 Å². The third-order valence-electron chi connectivity index (χ3n) is 2.36. The van der Waals surface area contributed by atoms with Crippen molar-refractivity contribution in [3.05, 3.63) is 17.1 Å². The number of rotatable bonds is 4. The van der Waals surface area contributed by atoms with Crippen molar-refractivity contribution in [2.75, 3.05) is 5.43 Å². The molecule has 1 rings (SSSR count). The summed E-state index contributed by atoms with van der Waals surface area (Å²) in [6.07, 6.45) is 1.80. The molecule has 4 nitrogen and oxygen atoms in total. The number of nitrogens with zero attached hydrogens (tertiary/aromatic N) is 2. The molecule has 1 heterocycles. The molecule has 15 heavy (non-hydrogen) atoms. The molecular formula is C11H20N4. The Labute approximate surface area is 91.3 Å². The van der Waals surface area contributed by atoms with Crippen LogP contribution in [0.1, 0.15) is 37.9 Å². The zero-order valence-electron chi connectivity index (χ0n) is 9.96. The van der Waals surface area contributed by atoms with E-state index in [4.69, 9.17) is 5.84 Å². The van der Waals surface area contributed by atoms with Crippen LogP contribution in [0.25, 0.3) is 0 Å². The maximum atomic E-state index is 5.43. The van der Waals surface area contributed by atoms with Crippen LogP contribution in [-0.2, 0) is 12.8 Å². The van der Waals surface area contributed by atoms with Crippen molar-refractivity contribution in [3.8, 4) is 0 Å². The van der Waals surface area contributed by atoms with E-state index < -0.39 is 0 Å². The Hall–Kier alpha value is -1.16. The first-order valence-corrected chi connectivity index (χ1v) is 5.41. The summed E-state index contributed by atoms with van der Waals surface area (Å²) in [4.78, 5) is 8.93. The number of nitrogen functional groups attached to an aromatic ring is 1. The van der Waals surface area contributed by atoms with Crippen molar-refractivity contribution in [1.29, 1.82) is 0 Å². The molecule has 3 N–H and O–H groups in total. The lowest BCUT2D eigenvalue weighted by Gasteiger charge is -2.11. The van der Waals surface area contributed by atoms with Crippen LogP contribution < -0.4 is 11.3 Å². The molecule has 0 unspecified atom stereocenters. The average Bonchev–Trinajstić information content (AvgIpc) is 2.19. The number of aromatic nitrogens is 2. The summed E-state index contributed by atoms with van der Waals surface area (Å²) < 4.78 is 0. The molecule has 0 aliphatic heterocycles. The predicted octanol–water partition coefficient (Wildman–Crippen LogP) is 1.83. The third-order valence-corrected chi connectivity index (χ3v) is 2.36. The first-order chi connectivity index (χ1) is 7.08. The smallest absolute Gasteiger partial charge is 0.146 e. The van der Waals surface area contributed by atoms with E-state index in [1.54, 1.807) is 0 Å². The number of nitrogens with two attached hydrogens (primary N) is 1. The van der Waals surface area contributed by atoms with E-state index in [2.05, 4.69) is 36.2 Å². The van der Waals surface area contributed by atoms with Crippen LogP contribution in [0.5, 0.6) is 0 Å². The number of hydrogen-bond acceptors (Lipinski definition) is 4. The number of anilines is 1. The van der Waals surface area contributed by atoms with E-state index in [1.807, 2.05) is 6.92 Å². The lowest BCUT2D eigenvalue weighted by molar-refractivity contribution is 0.617. The summed E-state index contributed by atoms with van der Waals surface area (Å²) in [6.45, 7) is 8.40. The molecule has 0 amide bonds. The Kier molecular flexibility index (Phi) is 4.03. The van der Waals surface area contributed by atoms with Crippen LogP contribution in [0.15, 0.2) is 0 Å². The molecule has 84 valence electrons. The normalized spacial score (nSPS) is 10.8. The minimum Gasteiger partial charge on any atom is -0.308 e. The van der Waals surface area contributed by atoms with Crippen molar-refractivity contribution in [2.24, 2.45) is 11.8 Å². The van der Waals surface area contributed by atoms with Gasteiger partial charge in [0.25, 0.3) is 0 Å². The molecule has 1 aromatic heterocycles. The highest BCUT2D eigenvalue weighted by molar-refractivity contribution is 5.44. The molecule has 0 aliphatic rings. The molecule has 0 spiro atoms. The maximum absolute atomic E-state index is 5.43. The van der Waals surface area contributed by atoms with Crippen LogP contribution in [0, 0.1) is 12.8 Å². The summed E-state index contributed by atoms with van der Waals surface area (Å²) in [6, 6.07) is 0. The fourth-order valence-corrected chi connectivity index (χ4v) is 1.56. The van der Waals surface area contributed by atoms with Gasteiger partial charge in [-0.1, -0.05) is 20.8 Å².